The zero-order valence-corrected chi connectivity index (χ0v) is 16.3. The normalized spacial score (nSPS) is 20.6. The molecule has 2 aliphatic rings. The van der Waals surface area contributed by atoms with E-state index in [1.165, 1.54) is 6.42 Å². The van der Waals surface area contributed by atoms with E-state index < -0.39 is 17.8 Å². The topological polar surface area (TPSA) is 75.7 Å². The van der Waals surface area contributed by atoms with Crippen molar-refractivity contribution in [3.8, 4) is 0 Å². The molecule has 1 aromatic carbocycles. The third-order valence-corrected chi connectivity index (χ3v) is 5.80. The van der Waals surface area contributed by atoms with Crippen LogP contribution in [-0.2, 0) is 19.1 Å². The van der Waals surface area contributed by atoms with Crippen LogP contribution in [0.4, 0.5) is 5.69 Å². The summed E-state index contributed by atoms with van der Waals surface area (Å²) in [5.41, 5.74) is 1.34. The van der Waals surface area contributed by atoms with Crippen LogP contribution in [0.15, 0.2) is 18.2 Å². The number of hydrogen-bond acceptors (Lipinski definition) is 4. The number of halogens is 1. The van der Waals surface area contributed by atoms with Crippen molar-refractivity contribution in [3.63, 3.8) is 0 Å². The largest absolute Gasteiger partial charge is 0.455 e. The Labute approximate surface area is 164 Å². The molecule has 0 radical (unpaired) electrons. The van der Waals surface area contributed by atoms with Crippen LogP contribution >= 0.6 is 11.6 Å². The van der Waals surface area contributed by atoms with Gasteiger partial charge in [0.1, 0.15) is 0 Å². The van der Waals surface area contributed by atoms with Gasteiger partial charge in [0, 0.05) is 29.7 Å². The minimum absolute atomic E-state index is 0.0165. The summed E-state index contributed by atoms with van der Waals surface area (Å²) in [6, 6.07) is 5.46. The predicted octanol–water partition coefficient (Wildman–Crippen LogP) is 3.31. The van der Waals surface area contributed by atoms with Crippen molar-refractivity contribution in [1.29, 1.82) is 0 Å². The number of amides is 2. The molecule has 7 heteroatoms. The maximum Gasteiger partial charge on any atom is 0.311 e. The molecule has 1 saturated carbocycles. The third kappa shape index (κ3) is 4.80. The molecule has 1 N–H and O–H groups in total. The van der Waals surface area contributed by atoms with E-state index in [1.807, 2.05) is 4.90 Å². The summed E-state index contributed by atoms with van der Waals surface area (Å²) in [5.74, 6) is -1.38. The van der Waals surface area contributed by atoms with Gasteiger partial charge in [-0.1, -0.05) is 36.9 Å². The average Bonchev–Trinajstić information content (AvgIpc) is 3.06. The minimum atomic E-state index is -0.486. The third-order valence-electron chi connectivity index (χ3n) is 5.39. The number of rotatable bonds is 5. The molecule has 0 bridgehead atoms. The summed E-state index contributed by atoms with van der Waals surface area (Å²) < 4.78 is 5.15. The maximum atomic E-state index is 12.3. The lowest BCUT2D eigenvalue weighted by Gasteiger charge is -2.31. The second kappa shape index (κ2) is 8.74. The fourth-order valence-electron chi connectivity index (χ4n) is 3.82. The highest BCUT2D eigenvalue weighted by atomic mass is 35.5. The number of carbonyl (C=O) groups excluding carboxylic acids is 3. The van der Waals surface area contributed by atoms with Crippen molar-refractivity contribution in [2.24, 2.45) is 5.92 Å². The van der Waals surface area contributed by atoms with E-state index in [2.05, 4.69) is 5.32 Å². The Morgan fingerprint density at radius 3 is 2.74 bits per heavy atom. The van der Waals surface area contributed by atoms with Crippen molar-refractivity contribution >= 4 is 35.1 Å². The highest BCUT2D eigenvalue weighted by Crippen LogP contribution is 2.29. The zero-order valence-electron chi connectivity index (χ0n) is 15.5. The van der Waals surface area contributed by atoms with E-state index >= 15 is 0 Å². The Balaban J connectivity index is 1.48. The molecule has 1 aliphatic carbocycles. The first-order valence-electron chi connectivity index (χ1n) is 9.46. The summed E-state index contributed by atoms with van der Waals surface area (Å²) in [7, 11) is 0. The number of anilines is 1. The van der Waals surface area contributed by atoms with E-state index in [9.17, 15) is 14.4 Å². The van der Waals surface area contributed by atoms with E-state index in [4.69, 9.17) is 16.3 Å². The second-order valence-corrected chi connectivity index (χ2v) is 7.71. The van der Waals surface area contributed by atoms with Gasteiger partial charge in [-0.2, -0.15) is 0 Å². The fraction of sp³-hybridized carbons (Fsp3) is 0.550. The van der Waals surface area contributed by atoms with Crippen LogP contribution in [0.3, 0.4) is 0 Å². The van der Waals surface area contributed by atoms with E-state index in [0.29, 0.717) is 17.3 Å². The summed E-state index contributed by atoms with van der Waals surface area (Å²) >= 11 is 6.03. The lowest BCUT2D eigenvalue weighted by atomic mass is 9.94. The van der Waals surface area contributed by atoms with Gasteiger partial charge < -0.3 is 15.0 Å². The molecule has 6 nitrogen and oxygen atoms in total. The minimum Gasteiger partial charge on any atom is -0.455 e. The smallest absolute Gasteiger partial charge is 0.311 e. The van der Waals surface area contributed by atoms with Crippen molar-refractivity contribution in [2.75, 3.05) is 18.5 Å². The van der Waals surface area contributed by atoms with Gasteiger partial charge in [-0.3, -0.25) is 14.4 Å². The maximum absolute atomic E-state index is 12.3. The zero-order chi connectivity index (χ0) is 19.4. The van der Waals surface area contributed by atoms with Gasteiger partial charge in [-0.15, -0.1) is 0 Å². The number of nitrogens with zero attached hydrogens (tertiary/aromatic N) is 1. The molecule has 146 valence electrons. The van der Waals surface area contributed by atoms with Crippen LogP contribution in [0.5, 0.6) is 0 Å². The van der Waals surface area contributed by atoms with Crippen molar-refractivity contribution < 1.29 is 19.1 Å². The van der Waals surface area contributed by atoms with Gasteiger partial charge in [0.25, 0.3) is 5.91 Å². The first kappa shape index (κ1) is 19.7. The molecule has 27 heavy (non-hydrogen) atoms. The Hall–Kier alpha value is -2.08. The monoisotopic (exact) mass is 392 g/mol. The molecule has 2 amide bonds. The Morgan fingerprint density at radius 1 is 1.26 bits per heavy atom. The molecular formula is C20H25ClN2O4. The van der Waals surface area contributed by atoms with E-state index in [-0.39, 0.29) is 25.0 Å². The lowest BCUT2D eigenvalue weighted by Crippen LogP contribution is -2.38. The number of likely N-dealkylation sites (tertiary alicyclic amines) is 1. The molecule has 1 aliphatic heterocycles. The molecule has 0 unspecified atom stereocenters. The van der Waals surface area contributed by atoms with Crippen LogP contribution in [0, 0.1) is 12.8 Å². The summed E-state index contributed by atoms with van der Waals surface area (Å²) in [6.45, 7) is 1.82. The van der Waals surface area contributed by atoms with Gasteiger partial charge in [0.15, 0.2) is 6.61 Å². The predicted molar refractivity (Wildman–Crippen MR) is 102 cm³/mol. The molecule has 2 fully saturated rings. The number of carbonyl (C=O) groups is 3. The Morgan fingerprint density at radius 2 is 2.00 bits per heavy atom. The van der Waals surface area contributed by atoms with Gasteiger partial charge in [0.05, 0.1) is 5.92 Å². The van der Waals surface area contributed by atoms with Gasteiger partial charge in [-0.05, 0) is 37.5 Å². The summed E-state index contributed by atoms with van der Waals surface area (Å²) in [6.07, 6.45) is 5.67. The van der Waals surface area contributed by atoms with Crippen LogP contribution < -0.4 is 5.32 Å². The number of esters is 1. The van der Waals surface area contributed by atoms with Crippen molar-refractivity contribution in [3.05, 3.63) is 28.8 Å². The van der Waals surface area contributed by atoms with Crippen LogP contribution in [0.25, 0.3) is 0 Å². The first-order chi connectivity index (χ1) is 13.0. The van der Waals surface area contributed by atoms with Crippen LogP contribution in [-0.4, -0.2) is 41.9 Å². The lowest BCUT2D eigenvalue weighted by molar-refractivity contribution is -0.151. The highest BCUT2D eigenvalue weighted by Gasteiger charge is 2.39. The standard InChI is InChI=1S/C20H25ClN2O4/c1-13-16(21)8-5-9-17(13)22-18(24)12-27-20(26)14-10-19(25)23(11-14)15-6-3-2-4-7-15/h5,8-9,14-15H,2-4,6-7,10-12H2,1H3,(H,22,24)/t14-/m0/s1. The van der Waals surface area contributed by atoms with Crippen molar-refractivity contribution in [2.45, 2.75) is 51.5 Å². The molecule has 1 saturated heterocycles. The number of benzene rings is 1. The molecular weight excluding hydrogens is 368 g/mol. The highest BCUT2D eigenvalue weighted by molar-refractivity contribution is 6.31. The van der Waals surface area contributed by atoms with Gasteiger partial charge in [-0.25, -0.2) is 0 Å². The van der Waals surface area contributed by atoms with Gasteiger partial charge >= 0.3 is 5.97 Å². The summed E-state index contributed by atoms with van der Waals surface area (Å²) in [5, 5.41) is 3.24. The molecule has 1 heterocycles. The molecule has 1 atom stereocenters. The van der Waals surface area contributed by atoms with Crippen LogP contribution in [0.2, 0.25) is 5.02 Å². The molecule has 3 rings (SSSR count). The van der Waals surface area contributed by atoms with E-state index in [1.54, 1.807) is 25.1 Å². The Bertz CT molecular complexity index is 731. The summed E-state index contributed by atoms with van der Waals surface area (Å²) in [4.78, 5) is 38.5. The number of nitrogens with one attached hydrogen (secondary N) is 1. The first-order valence-corrected chi connectivity index (χ1v) is 9.84. The molecule has 0 aromatic heterocycles. The Kier molecular flexibility index (Phi) is 6.37. The molecule has 0 spiro atoms. The number of hydrogen-bond donors (Lipinski definition) is 1. The SMILES string of the molecule is Cc1c(Cl)cccc1NC(=O)COC(=O)[C@H]1CC(=O)N(C2CCCCC2)C1. The fourth-order valence-corrected chi connectivity index (χ4v) is 3.99. The van der Waals surface area contributed by atoms with E-state index in [0.717, 1.165) is 31.2 Å². The van der Waals surface area contributed by atoms with Crippen molar-refractivity contribution in [1.82, 2.24) is 4.90 Å². The number of ether oxygens (including phenoxy) is 1. The quantitative estimate of drug-likeness (QED) is 0.780. The average molecular weight is 393 g/mol. The van der Waals surface area contributed by atoms with Crippen LogP contribution in [0.1, 0.15) is 44.1 Å². The second-order valence-electron chi connectivity index (χ2n) is 7.31. The molecule has 1 aromatic rings. The van der Waals surface area contributed by atoms with Gasteiger partial charge in [0.2, 0.25) is 5.91 Å².